The zero-order chi connectivity index (χ0) is 12.4. The summed E-state index contributed by atoms with van der Waals surface area (Å²) < 4.78 is 0. The third-order valence-corrected chi connectivity index (χ3v) is 4.70. The van der Waals surface area contributed by atoms with E-state index in [-0.39, 0.29) is 0 Å². The summed E-state index contributed by atoms with van der Waals surface area (Å²) >= 11 is 2.05. The fourth-order valence-electron chi connectivity index (χ4n) is 2.45. The number of nitrogens with zero attached hydrogens (tertiary/aromatic N) is 1. The molecule has 1 aliphatic rings. The number of rotatable bonds is 3. The highest BCUT2D eigenvalue weighted by molar-refractivity contribution is 7.99. The van der Waals surface area contributed by atoms with Gasteiger partial charge in [0.05, 0.1) is 17.6 Å². The molecule has 3 rings (SSSR count). The molecular formula is C14H19N3S. The lowest BCUT2D eigenvalue weighted by Crippen LogP contribution is -2.33. The van der Waals surface area contributed by atoms with Gasteiger partial charge in [0.2, 0.25) is 0 Å². The molecule has 4 heteroatoms. The van der Waals surface area contributed by atoms with Gasteiger partial charge in [-0.05, 0) is 37.1 Å². The van der Waals surface area contributed by atoms with Crippen molar-refractivity contribution in [2.45, 2.75) is 32.4 Å². The first kappa shape index (κ1) is 12.1. The average Bonchev–Trinajstić information content (AvgIpc) is 2.82. The van der Waals surface area contributed by atoms with E-state index < -0.39 is 0 Å². The van der Waals surface area contributed by atoms with E-state index in [0.29, 0.717) is 6.04 Å². The molecule has 2 heterocycles. The van der Waals surface area contributed by atoms with Crippen molar-refractivity contribution in [2.75, 3.05) is 11.5 Å². The molecule has 0 bridgehead atoms. The standard InChI is InChI=1S/C14H19N3S/c1-10-4-2-6-12-14(10)17-13(16-12)8-15-11-5-3-7-18-9-11/h2,4,6,11,15H,3,5,7-9H2,1H3,(H,16,17)/t11-/m0/s1. The molecule has 2 aromatic rings. The third-order valence-electron chi connectivity index (χ3n) is 3.48. The summed E-state index contributed by atoms with van der Waals surface area (Å²) in [6, 6.07) is 6.93. The van der Waals surface area contributed by atoms with Crippen molar-refractivity contribution in [3.05, 3.63) is 29.6 Å². The lowest BCUT2D eigenvalue weighted by atomic mass is 10.2. The van der Waals surface area contributed by atoms with Gasteiger partial charge in [-0.15, -0.1) is 0 Å². The number of fused-ring (bicyclic) bond motifs is 1. The monoisotopic (exact) mass is 261 g/mol. The second kappa shape index (κ2) is 5.33. The molecule has 0 radical (unpaired) electrons. The van der Waals surface area contributed by atoms with E-state index in [1.165, 1.54) is 29.9 Å². The fourth-order valence-corrected chi connectivity index (χ4v) is 3.56. The number of nitrogens with one attached hydrogen (secondary N) is 2. The summed E-state index contributed by atoms with van der Waals surface area (Å²) in [5.41, 5.74) is 3.49. The van der Waals surface area contributed by atoms with Gasteiger partial charge in [-0.1, -0.05) is 12.1 Å². The minimum absolute atomic E-state index is 0.651. The van der Waals surface area contributed by atoms with Crippen molar-refractivity contribution in [1.82, 2.24) is 15.3 Å². The maximum Gasteiger partial charge on any atom is 0.121 e. The molecule has 0 unspecified atom stereocenters. The number of hydrogen-bond acceptors (Lipinski definition) is 3. The second-order valence-corrected chi connectivity index (χ2v) is 6.10. The number of hydrogen-bond donors (Lipinski definition) is 2. The van der Waals surface area contributed by atoms with Crippen LogP contribution in [0.5, 0.6) is 0 Å². The van der Waals surface area contributed by atoms with Gasteiger partial charge in [0, 0.05) is 11.8 Å². The van der Waals surface area contributed by atoms with E-state index in [9.17, 15) is 0 Å². The van der Waals surface area contributed by atoms with Crippen molar-refractivity contribution in [3.63, 3.8) is 0 Å². The van der Waals surface area contributed by atoms with Crippen LogP contribution in [0.1, 0.15) is 24.2 Å². The highest BCUT2D eigenvalue weighted by Crippen LogP contribution is 2.18. The van der Waals surface area contributed by atoms with Gasteiger partial charge in [0.15, 0.2) is 0 Å². The Labute approximate surface area is 112 Å². The zero-order valence-electron chi connectivity index (χ0n) is 10.7. The van der Waals surface area contributed by atoms with Gasteiger partial charge in [0.25, 0.3) is 0 Å². The van der Waals surface area contributed by atoms with Gasteiger partial charge < -0.3 is 10.3 Å². The number of aromatic amines is 1. The molecule has 1 aromatic carbocycles. The smallest absolute Gasteiger partial charge is 0.121 e. The molecule has 1 aromatic heterocycles. The summed E-state index contributed by atoms with van der Waals surface area (Å²) in [5, 5.41) is 3.60. The third kappa shape index (κ3) is 2.54. The fraction of sp³-hybridized carbons (Fsp3) is 0.500. The van der Waals surface area contributed by atoms with Crippen LogP contribution in [0.15, 0.2) is 18.2 Å². The van der Waals surface area contributed by atoms with E-state index in [2.05, 4.69) is 52.2 Å². The number of para-hydroxylation sites is 1. The molecule has 2 N–H and O–H groups in total. The highest BCUT2D eigenvalue weighted by atomic mass is 32.2. The average molecular weight is 261 g/mol. The molecule has 0 amide bonds. The van der Waals surface area contributed by atoms with Crippen LogP contribution in [-0.4, -0.2) is 27.5 Å². The lowest BCUT2D eigenvalue weighted by molar-refractivity contribution is 0.500. The number of H-pyrrole nitrogens is 1. The summed E-state index contributed by atoms with van der Waals surface area (Å²) in [6.07, 6.45) is 2.63. The van der Waals surface area contributed by atoms with Crippen molar-refractivity contribution in [3.8, 4) is 0 Å². The van der Waals surface area contributed by atoms with Gasteiger partial charge in [-0.2, -0.15) is 11.8 Å². The Balaban J connectivity index is 1.69. The molecule has 1 aliphatic heterocycles. The topological polar surface area (TPSA) is 40.7 Å². The number of benzene rings is 1. The van der Waals surface area contributed by atoms with Crippen molar-refractivity contribution >= 4 is 22.8 Å². The van der Waals surface area contributed by atoms with Gasteiger partial charge in [-0.25, -0.2) is 4.98 Å². The predicted octanol–water partition coefficient (Wildman–Crippen LogP) is 2.86. The Morgan fingerprint density at radius 2 is 2.44 bits per heavy atom. The first-order valence-electron chi connectivity index (χ1n) is 6.58. The van der Waals surface area contributed by atoms with Crippen LogP contribution in [0.3, 0.4) is 0 Å². The molecule has 96 valence electrons. The van der Waals surface area contributed by atoms with Crippen LogP contribution in [-0.2, 0) is 6.54 Å². The van der Waals surface area contributed by atoms with Gasteiger partial charge >= 0.3 is 0 Å². The molecule has 0 saturated carbocycles. The number of aryl methyl sites for hydroxylation is 1. The Morgan fingerprint density at radius 3 is 3.22 bits per heavy atom. The minimum Gasteiger partial charge on any atom is -0.341 e. The predicted molar refractivity (Wildman–Crippen MR) is 78.0 cm³/mol. The van der Waals surface area contributed by atoms with Gasteiger partial charge in [0.1, 0.15) is 5.82 Å². The van der Waals surface area contributed by atoms with Crippen molar-refractivity contribution in [2.24, 2.45) is 0 Å². The molecule has 1 saturated heterocycles. The van der Waals surface area contributed by atoms with E-state index in [0.717, 1.165) is 23.4 Å². The maximum absolute atomic E-state index is 4.67. The molecule has 1 fully saturated rings. The van der Waals surface area contributed by atoms with Crippen LogP contribution < -0.4 is 5.32 Å². The molecule has 0 spiro atoms. The van der Waals surface area contributed by atoms with E-state index in [1.54, 1.807) is 0 Å². The van der Waals surface area contributed by atoms with Crippen LogP contribution in [0.2, 0.25) is 0 Å². The molecule has 0 aliphatic carbocycles. The lowest BCUT2D eigenvalue weighted by Gasteiger charge is -2.21. The summed E-state index contributed by atoms with van der Waals surface area (Å²) in [7, 11) is 0. The quantitative estimate of drug-likeness (QED) is 0.892. The van der Waals surface area contributed by atoms with E-state index >= 15 is 0 Å². The second-order valence-electron chi connectivity index (χ2n) is 4.95. The summed E-state index contributed by atoms with van der Waals surface area (Å²) in [4.78, 5) is 8.07. The summed E-state index contributed by atoms with van der Waals surface area (Å²) in [5.74, 6) is 3.61. The number of thioether (sulfide) groups is 1. The van der Waals surface area contributed by atoms with E-state index in [1.807, 2.05) is 0 Å². The zero-order valence-corrected chi connectivity index (χ0v) is 11.5. The van der Waals surface area contributed by atoms with Crippen LogP contribution in [0.25, 0.3) is 11.0 Å². The molecular weight excluding hydrogens is 242 g/mol. The number of imidazole rings is 1. The van der Waals surface area contributed by atoms with Crippen molar-refractivity contribution < 1.29 is 0 Å². The van der Waals surface area contributed by atoms with Gasteiger partial charge in [-0.3, -0.25) is 0 Å². The summed E-state index contributed by atoms with van der Waals surface area (Å²) in [6.45, 7) is 2.96. The Morgan fingerprint density at radius 1 is 1.50 bits per heavy atom. The SMILES string of the molecule is Cc1cccc2[nH]c(CN[C@H]3CCCSC3)nc12. The Bertz CT molecular complexity index is 529. The van der Waals surface area contributed by atoms with Crippen LogP contribution in [0.4, 0.5) is 0 Å². The Hall–Kier alpha value is -1.00. The normalized spacial score (nSPS) is 20.4. The molecule has 1 atom stereocenters. The molecule has 3 nitrogen and oxygen atoms in total. The first-order chi connectivity index (χ1) is 8.83. The Kier molecular flexibility index (Phi) is 3.57. The first-order valence-corrected chi connectivity index (χ1v) is 7.74. The van der Waals surface area contributed by atoms with E-state index in [4.69, 9.17) is 0 Å². The molecule has 18 heavy (non-hydrogen) atoms. The minimum atomic E-state index is 0.651. The van der Waals surface area contributed by atoms with Crippen LogP contribution >= 0.6 is 11.8 Å². The van der Waals surface area contributed by atoms with Crippen molar-refractivity contribution in [1.29, 1.82) is 0 Å². The maximum atomic E-state index is 4.67. The highest BCUT2D eigenvalue weighted by Gasteiger charge is 2.13. The largest absolute Gasteiger partial charge is 0.341 e. The number of aromatic nitrogens is 2. The van der Waals surface area contributed by atoms with Crippen LogP contribution in [0, 0.1) is 6.92 Å².